The van der Waals surface area contributed by atoms with Gasteiger partial charge in [-0.2, -0.15) is 0 Å². The second kappa shape index (κ2) is 7.25. The fourth-order valence-electron chi connectivity index (χ4n) is 3.70. The Hall–Kier alpha value is -0.610. The number of methoxy groups -OCH3 is 1. The van der Waals surface area contributed by atoms with E-state index in [0.29, 0.717) is 24.5 Å². The van der Waals surface area contributed by atoms with Crippen LogP contribution in [0.25, 0.3) is 0 Å². The Labute approximate surface area is 116 Å². The largest absolute Gasteiger partial charge is 0.469 e. The Morgan fingerprint density at radius 3 is 2.53 bits per heavy atom. The number of carbonyl (C=O) groups excluding carboxylic acids is 1. The molecule has 110 valence electrons. The highest BCUT2D eigenvalue weighted by molar-refractivity contribution is 5.70. The standard InChI is InChI=1S/C15H28N2O2/c1-12-10-16-11-14(9-15(18)19-2)17(12)13-7-5-3-4-6-8-13/h12-14,16H,3-11H2,1-2H3. The van der Waals surface area contributed by atoms with Gasteiger partial charge < -0.3 is 10.1 Å². The highest BCUT2D eigenvalue weighted by Crippen LogP contribution is 2.27. The maximum atomic E-state index is 11.6. The van der Waals surface area contributed by atoms with Crippen LogP contribution in [0.2, 0.25) is 0 Å². The van der Waals surface area contributed by atoms with Gasteiger partial charge in [-0.05, 0) is 19.8 Å². The van der Waals surface area contributed by atoms with Crippen LogP contribution in [0.5, 0.6) is 0 Å². The highest BCUT2D eigenvalue weighted by atomic mass is 16.5. The van der Waals surface area contributed by atoms with Crippen molar-refractivity contribution >= 4 is 5.97 Å². The Morgan fingerprint density at radius 2 is 1.89 bits per heavy atom. The number of ether oxygens (including phenoxy) is 1. The molecule has 0 radical (unpaired) electrons. The fraction of sp³-hybridized carbons (Fsp3) is 0.933. The van der Waals surface area contributed by atoms with Gasteiger partial charge in [0.2, 0.25) is 0 Å². The van der Waals surface area contributed by atoms with Crippen LogP contribution in [0.4, 0.5) is 0 Å². The van der Waals surface area contributed by atoms with Crippen LogP contribution in [0.15, 0.2) is 0 Å². The summed E-state index contributed by atoms with van der Waals surface area (Å²) in [5, 5.41) is 3.45. The number of nitrogens with one attached hydrogen (secondary N) is 1. The van der Waals surface area contributed by atoms with E-state index in [1.54, 1.807) is 0 Å². The third kappa shape index (κ3) is 3.93. The van der Waals surface area contributed by atoms with Crippen LogP contribution in [-0.4, -0.2) is 49.2 Å². The molecule has 4 heteroatoms. The minimum atomic E-state index is -0.0838. The molecule has 4 nitrogen and oxygen atoms in total. The van der Waals surface area contributed by atoms with Crippen molar-refractivity contribution in [2.24, 2.45) is 0 Å². The van der Waals surface area contributed by atoms with Crippen LogP contribution >= 0.6 is 0 Å². The quantitative estimate of drug-likeness (QED) is 0.627. The number of esters is 1. The molecule has 19 heavy (non-hydrogen) atoms. The minimum Gasteiger partial charge on any atom is -0.469 e. The molecule has 1 heterocycles. The van der Waals surface area contributed by atoms with Gasteiger partial charge in [-0.25, -0.2) is 0 Å². The van der Waals surface area contributed by atoms with E-state index in [4.69, 9.17) is 4.74 Å². The van der Waals surface area contributed by atoms with Crippen molar-refractivity contribution in [3.63, 3.8) is 0 Å². The third-order valence-electron chi connectivity index (χ3n) is 4.63. The summed E-state index contributed by atoms with van der Waals surface area (Å²) >= 11 is 0. The van der Waals surface area contributed by atoms with Gasteiger partial charge in [0.15, 0.2) is 0 Å². The number of hydrogen-bond acceptors (Lipinski definition) is 4. The number of rotatable bonds is 3. The van der Waals surface area contributed by atoms with Crippen LogP contribution < -0.4 is 5.32 Å². The van der Waals surface area contributed by atoms with Gasteiger partial charge in [0.25, 0.3) is 0 Å². The summed E-state index contributed by atoms with van der Waals surface area (Å²) in [4.78, 5) is 14.2. The molecule has 0 bridgehead atoms. The smallest absolute Gasteiger partial charge is 0.307 e. The maximum absolute atomic E-state index is 11.6. The predicted octanol–water partition coefficient (Wildman–Crippen LogP) is 1.93. The van der Waals surface area contributed by atoms with E-state index < -0.39 is 0 Å². The van der Waals surface area contributed by atoms with Crippen LogP contribution in [0.3, 0.4) is 0 Å². The molecule has 1 saturated carbocycles. The molecule has 1 aliphatic carbocycles. The summed E-state index contributed by atoms with van der Waals surface area (Å²) in [5.41, 5.74) is 0. The molecule has 0 aromatic heterocycles. The zero-order valence-corrected chi connectivity index (χ0v) is 12.4. The normalized spacial score (nSPS) is 30.8. The zero-order chi connectivity index (χ0) is 13.7. The lowest BCUT2D eigenvalue weighted by Crippen LogP contribution is -2.60. The first-order chi connectivity index (χ1) is 9.22. The molecule has 1 N–H and O–H groups in total. The Bertz CT molecular complexity index is 288. The van der Waals surface area contributed by atoms with E-state index in [1.807, 2.05) is 0 Å². The molecule has 0 amide bonds. The second-order valence-corrected chi connectivity index (χ2v) is 6.03. The first-order valence-corrected chi connectivity index (χ1v) is 7.77. The average molecular weight is 268 g/mol. The summed E-state index contributed by atoms with van der Waals surface area (Å²) < 4.78 is 4.86. The SMILES string of the molecule is COC(=O)CC1CNCC(C)N1C1CCCCCC1. The van der Waals surface area contributed by atoms with Gasteiger partial charge in [-0.1, -0.05) is 25.7 Å². The Morgan fingerprint density at radius 1 is 1.21 bits per heavy atom. The van der Waals surface area contributed by atoms with Gasteiger partial charge in [0.1, 0.15) is 0 Å². The van der Waals surface area contributed by atoms with Crippen LogP contribution in [-0.2, 0) is 9.53 Å². The first kappa shape index (κ1) is 14.8. The van der Waals surface area contributed by atoms with E-state index >= 15 is 0 Å². The molecular weight excluding hydrogens is 240 g/mol. The van der Waals surface area contributed by atoms with E-state index in [-0.39, 0.29) is 5.97 Å². The summed E-state index contributed by atoms with van der Waals surface area (Å²) in [6.07, 6.45) is 8.53. The highest BCUT2D eigenvalue weighted by Gasteiger charge is 2.34. The predicted molar refractivity (Wildman–Crippen MR) is 76.1 cm³/mol. The topological polar surface area (TPSA) is 41.6 Å². The van der Waals surface area contributed by atoms with Gasteiger partial charge >= 0.3 is 5.97 Å². The number of carbonyl (C=O) groups is 1. The Balaban J connectivity index is 2.03. The number of piperazine rings is 1. The molecule has 2 atom stereocenters. The molecule has 0 spiro atoms. The lowest BCUT2D eigenvalue weighted by atomic mass is 9.98. The summed E-state index contributed by atoms with van der Waals surface area (Å²) in [6, 6.07) is 1.49. The average Bonchev–Trinajstić information content (AvgIpc) is 2.67. The van der Waals surface area contributed by atoms with E-state index in [9.17, 15) is 4.79 Å². The van der Waals surface area contributed by atoms with Gasteiger partial charge in [0.05, 0.1) is 13.5 Å². The summed E-state index contributed by atoms with van der Waals surface area (Å²) in [6.45, 7) is 4.23. The van der Waals surface area contributed by atoms with Crippen molar-refractivity contribution in [3.8, 4) is 0 Å². The first-order valence-electron chi connectivity index (χ1n) is 7.77. The molecule has 2 fully saturated rings. The van der Waals surface area contributed by atoms with Crippen molar-refractivity contribution in [1.82, 2.24) is 10.2 Å². The van der Waals surface area contributed by atoms with Crippen molar-refractivity contribution in [2.45, 2.75) is 70.0 Å². The molecule has 0 aromatic rings. The van der Waals surface area contributed by atoms with Crippen molar-refractivity contribution in [2.75, 3.05) is 20.2 Å². The number of nitrogens with zero attached hydrogens (tertiary/aromatic N) is 1. The Kier molecular flexibility index (Phi) is 5.64. The van der Waals surface area contributed by atoms with Crippen molar-refractivity contribution in [1.29, 1.82) is 0 Å². The zero-order valence-electron chi connectivity index (χ0n) is 12.4. The van der Waals surface area contributed by atoms with E-state index in [0.717, 1.165) is 13.1 Å². The van der Waals surface area contributed by atoms with Gasteiger partial charge in [-0.15, -0.1) is 0 Å². The lowest BCUT2D eigenvalue weighted by molar-refractivity contribution is -0.142. The summed E-state index contributed by atoms with van der Waals surface area (Å²) in [7, 11) is 1.48. The van der Waals surface area contributed by atoms with E-state index in [1.165, 1.54) is 45.6 Å². The van der Waals surface area contributed by atoms with Gasteiger partial charge in [-0.3, -0.25) is 9.69 Å². The lowest BCUT2D eigenvalue weighted by Gasteiger charge is -2.45. The fourth-order valence-corrected chi connectivity index (χ4v) is 3.70. The molecule has 0 aromatic carbocycles. The van der Waals surface area contributed by atoms with Crippen LogP contribution in [0.1, 0.15) is 51.9 Å². The van der Waals surface area contributed by atoms with Crippen LogP contribution in [0, 0.1) is 0 Å². The molecule has 1 saturated heterocycles. The monoisotopic (exact) mass is 268 g/mol. The van der Waals surface area contributed by atoms with Crippen molar-refractivity contribution in [3.05, 3.63) is 0 Å². The third-order valence-corrected chi connectivity index (χ3v) is 4.63. The molecule has 2 rings (SSSR count). The van der Waals surface area contributed by atoms with E-state index in [2.05, 4.69) is 17.1 Å². The molecule has 2 unspecified atom stereocenters. The second-order valence-electron chi connectivity index (χ2n) is 6.03. The van der Waals surface area contributed by atoms with Crippen molar-refractivity contribution < 1.29 is 9.53 Å². The molecule has 2 aliphatic rings. The molecule has 1 aliphatic heterocycles. The molecular formula is C15H28N2O2. The maximum Gasteiger partial charge on any atom is 0.307 e. The van der Waals surface area contributed by atoms with Gasteiger partial charge in [0, 0.05) is 31.2 Å². The summed E-state index contributed by atoms with van der Waals surface area (Å²) in [5.74, 6) is -0.0838. The number of hydrogen-bond donors (Lipinski definition) is 1. The minimum absolute atomic E-state index is 0.0838.